The Kier molecular flexibility index (Phi) is 6.08. The average Bonchev–Trinajstić information content (AvgIpc) is 3.24. The lowest BCUT2D eigenvalue weighted by Crippen LogP contribution is -2.13. The van der Waals surface area contributed by atoms with E-state index in [1.807, 2.05) is 30.3 Å². The van der Waals surface area contributed by atoms with Crippen LogP contribution in [0.5, 0.6) is 0 Å². The number of nitrogens with zero attached hydrogens (tertiary/aromatic N) is 2. The molecule has 0 spiro atoms. The highest BCUT2D eigenvalue weighted by Gasteiger charge is 2.12. The first-order valence-electron chi connectivity index (χ1n) is 7.67. The van der Waals surface area contributed by atoms with Gasteiger partial charge in [0.05, 0.1) is 12.4 Å². The Morgan fingerprint density at radius 2 is 2.12 bits per heavy atom. The number of fused-ring (bicyclic) bond motifs is 1. The summed E-state index contributed by atoms with van der Waals surface area (Å²) in [7, 11) is 0. The molecular weight excluding hydrogens is 378 g/mol. The van der Waals surface area contributed by atoms with Gasteiger partial charge in [0.25, 0.3) is 0 Å². The molecule has 0 unspecified atom stereocenters. The molecule has 136 valence electrons. The number of para-hydroxylation sites is 1. The van der Waals surface area contributed by atoms with E-state index >= 15 is 0 Å². The summed E-state index contributed by atoms with van der Waals surface area (Å²) >= 11 is 2.34. The van der Waals surface area contributed by atoms with E-state index < -0.39 is 6.09 Å². The van der Waals surface area contributed by atoms with Gasteiger partial charge in [0.2, 0.25) is 5.13 Å². The zero-order valence-electron chi connectivity index (χ0n) is 13.8. The van der Waals surface area contributed by atoms with Gasteiger partial charge in [-0.15, -0.1) is 10.2 Å². The molecule has 0 aliphatic carbocycles. The van der Waals surface area contributed by atoms with E-state index in [0.717, 1.165) is 22.3 Å². The number of hydrogen-bond acceptors (Lipinski definition) is 9. The van der Waals surface area contributed by atoms with E-state index in [-0.39, 0.29) is 23.5 Å². The molecule has 1 aromatic carbocycles. The van der Waals surface area contributed by atoms with Crippen LogP contribution in [0.4, 0.5) is 9.93 Å². The Bertz CT molecular complexity index is 875. The fourth-order valence-electron chi connectivity index (χ4n) is 2.01. The van der Waals surface area contributed by atoms with Crippen molar-refractivity contribution in [3.63, 3.8) is 0 Å². The Morgan fingerprint density at radius 1 is 1.27 bits per heavy atom. The first-order valence-corrected chi connectivity index (χ1v) is 9.47. The molecule has 3 aromatic rings. The fraction of sp³-hybridized carbons (Fsp3) is 0.250. The van der Waals surface area contributed by atoms with Gasteiger partial charge in [0, 0.05) is 5.39 Å². The highest BCUT2D eigenvalue weighted by molar-refractivity contribution is 8.01. The van der Waals surface area contributed by atoms with Crippen LogP contribution in [0.15, 0.2) is 39.1 Å². The molecule has 3 rings (SSSR count). The van der Waals surface area contributed by atoms with Gasteiger partial charge in [-0.2, -0.15) is 0 Å². The number of aromatic nitrogens is 2. The maximum Gasteiger partial charge on any atom is 0.413 e. The summed E-state index contributed by atoms with van der Waals surface area (Å²) in [5.41, 5.74) is 0.735. The third-order valence-corrected chi connectivity index (χ3v) is 5.00. The number of hydrogen-bond donors (Lipinski definition) is 1. The van der Waals surface area contributed by atoms with Crippen molar-refractivity contribution in [1.82, 2.24) is 10.2 Å². The van der Waals surface area contributed by atoms with Crippen molar-refractivity contribution in [3.8, 4) is 0 Å². The minimum Gasteiger partial charge on any atom is -0.465 e. The predicted octanol–water partition coefficient (Wildman–Crippen LogP) is 3.69. The van der Waals surface area contributed by atoms with Crippen molar-refractivity contribution in [2.24, 2.45) is 0 Å². The monoisotopic (exact) mass is 393 g/mol. The van der Waals surface area contributed by atoms with Gasteiger partial charge < -0.3 is 13.9 Å². The van der Waals surface area contributed by atoms with Crippen LogP contribution in [-0.2, 0) is 20.9 Å². The number of carbonyl (C=O) groups is 2. The van der Waals surface area contributed by atoms with Crippen LogP contribution in [0.25, 0.3) is 11.0 Å². The van der Waals surface area contributed by atoms with Gasteiger partial charge in [0.15, 0.2) is 10.9 Å². The van der Waals surface area contributed by atoms with Crippen molar-refractivity contribution in [2.45, 2.75) is 17.9 Å². The van der Waals surface area contributed by atoms with Crippen LogP contribution < -0.4 is 5.32 Å². The van der Waals surface area contributed by atoms with Gasteiger partial charge in [0.1, 0.15) is 11.3 Å². The highest BCUT2D eigenvalue weighted by atomic mass is 32.2. The maximum absolute atomic E-state index is 11.8. The lowest BCUT2D eigenvalue weighted by atomic mass is 10.2. The highest BCUT2D eigenvalue weighted by Crippen LogP contribution is 2.25. The molecule has 0 saturated heterocycles. The van der Waals surface area contributed by atoms with E-state index in [1.54, 1.807) is 6.92 Å². The minimum atomic E-state index is -0.663. The number of nitrogens with one attached hydrogen (secondary N) is 1. The topological polar surface area (TPSA) is 104 Å². The van der Waals surface area contributed by atoms with Gasteiger partial charge in [-0.25, -0.2) is 4.79 Å². The first kappa shape index (κ1) is 18.2. The summed E-state index contributed by atoms with van der Waals surface area (Å²) < 4.78 is 16.1. The van der Waals surface area contributed by atoms with E-state index in [9.17, 15) is 9.59 Å². The van der Waals surface area contributed by atoms with Crippen LogP contribution >= 0.6 is 23.1 Å². The SMILES string of the molecule is CCOC(=O)CSc1nnc(NC(=O)OCc2cc3ccccc3o2)s1. The van der Waals surface area contributed by atoms with E-state index in [4.69, 9.17) is 13.9 Å². The van der Waals surface area contributed by atoms with E-state index in [2.05, 4.69) is 15.5 Å². The maximum atomic E-state index is 11.8. The summed E-state index contributed by atoms with van der Waals surface area (Å²) in [4.78, 5) is 23.1. The number of furan rings is 1. The van der Waals surface area contributed by atoms with E-state index in [0.29, 0.717) is 16.7 Å². The second-order valence-corrected chi connectivity index (χ2v) is 7.12. The Labute approximate surface area is 156 Å². The van der Waals surface area contributed by atoms with Crippen molar-refractivity contribution >= 4 is 51.3 Å². The third-order valence-electron chi connectivity index (χ3n) is 3.06. The second-order valence-electron chi connectivity index (χ2n) is 4.92. The Balaban J connectivity index is 1.46. The number of ether oxygens (including phenoxy) is 2. The molecular formula is C16H15N3O5S2. The van der Waals surface area contributed by atoms with E-state index in [1.165, 1.54) is 11.8 Å². The summed E-state index contributed by atoms with van der Waals surface area (Å²) in [6, 6.07) is 9.35. The molecule has 0 bridgehead atoms. The second kappa shape index (κ2) is 8.68. The minimum absolute atomic E-state index is 0.00375. The summed E-state index contributed by atoms with van der Waals surface area (Å²) in [6.45, 7) is 2.08. The first-order chi connectivity index (χ1) is 12.6. The number of rotatable bonds is 7. The standard InChI is InChI=1S/C16H15N3O5S2/c1-2-22-13(20)9-25-16-19-18-14(26-16)17-15(21)23-8-11-7-10-5-3-4-6-12(10)24-11/h3-7H,2,8-9H2,1H3,(H,17,18,21). The van der Waals surface area contributed by atoms with Gasteiger partial charge in [-0.1, -0.05) is 41.3 Å². The van der Waals surface area contributed by atoms with Crippen molar-refractivity contribution in [2.75, 3.05) is 17.7 Å². The molecule has 10 heteroatoms. The number of carbonyl (C=O) groups excluding carboxylic acids is 2. The van der Waals surface area contributed by atoms with Crippen LogP contribution in [0, 0.1) is 0 Å². The summed E-state index contributed by atoms with van der Waals surface area (Å²) in [5, 5.41) is 11.4. The zero-order chi connectivity index (χ0) is 18.4. The fourth-order valence-corrected chi connectivity index (χ4v) is 3.55. The molecule has 1 N–H and O–H groups in total. The van der Waals surface area contributed by atoms with Crippen LogP contribution in [0.2, 0.25) is 0 Å². The lowest BCUT2D eigenvalue weighted by molar-refractivity contribution is -0.139. The third kappa shape index (κ3) is 4.96. The van der Waals surface area contributed by atoms with Crippen LogP contribution in [0.3, 0.4) is 0 Å². The molecule has 1 amide bonds. The molecule has 0 atom stereocenters. The lowest BCUT2D eigenvalue weighted by Gasteiger charge is -2.01. The van der Waals surface area contributed by atoms with Crippen molar-refractivity contribution in [1.29, 1.82) is 0 Å². The Morgan fingerprint density at radius 3 is 2.92 bits per heavy atom. The normalized spacial score (nSPS) is 10.7. The molecule has 26 heavy (non-hydrogen) atoms. The van der Waals surface area contributed by atoms with Gasteiger partial charge in [-0.3, -0.25) is 10.1 Å². The van der Waals surface area contributed by atoms with Crippen LogP contribution in [-0.4, -0.2) is 34.6 Å². The predicted molar refractivity (Wildman–Crippen MR) is 97.3 cm³/mol. The molecule has 0 radical (unpaired) electrons. The summed E-state index contributed by atoms with van der Waals surface area (Å²) in [6.07, 6.45) is -0.663. The Hall–Kier alpha value is -2.59. The molecule has 0 aliphatic rings. The van der Waals surface area contributed by atoms with Gasteiger partial charge in [-0.05, 0) is 19.1 Å². The molecule has 8 nitrogen and oxygen atoms in total. The molecule has 0 saturated carbocycles. The zero-order valence-corrected chi connectivity index (χ0v) is 15.4. The largest absolute Gasteiger partial charge is 0.465 e. The molecule has 2 heterocycles. The quantitative estimate of drug-likeness (QED) is 0.368. The number of esters is 1. The molecule has 0 aliphatic heterocycles. The van der Waals surface area contributed by atoms with Gasteiger partial charge >= 0.3 is 12.1 Å². The number of thioether (sulfide) groups is 1. The van der Waals surface area contributed by atoms with Crippen molar-refractivity contribution < 1.29 is 23.5 Å². The smallest absolute Gasteiger partial charge is 0.413 e. The number of benzene rings is 1. The van der Waals surface area contributed by atoms with Crippen LogP contribution in [0.1, 0.15) is 12.7 Å². The summed E-state index contributed by atoms with van der Waals surface area (Å²) in [5.74, 6) is 0.357. The molecule has 2 aromatic heterocycles. The number of anilines is 1. The average molecular weight is 393 g/mol. The van der Waals surface area contributed by atoms with Crippen molar-refractivity contribution in [3.05, 3.63) is 36.1 Å². The molecule has 0 fully saturated rings. The number of amides is 1.